The number of rotatable bonds is 3. The Kier molecular flexibility index (Phi) is 6.21. The molecular formula is C15H27N3O2S. The molecule has 2 fully saturated rings. The first-order valence-electron chi connectivity index (χ1n) is 8.01. The SMILES string of the molecule is CC(C)C(=O)N1CCCN(C(=O)NC[C@H]2CCCS2)CC1. The second kappa shape index (κ2) is 7.92. The highest BCUT2D eigenvalue weighted by Crippen LogP contribution is 2.25. The highest BCUT2D eigenvalue weighted by molar-refractivity contribution is 8.00. The monoisotopic (exact) mass is 313 g/mol. The van der Waals surface area contributed by atoms with Crippen molar-refractivity contribution in [3.8, 4) is 0 Å². The van der Waals surface area contributed by atoms with Gasteiger partial charge in [0.2, 0.25) is 5.91 Å². The van der Waals surface area contributed by atoms with Gasteiger partial charge in [0.25, 0.3) is 0 Å². The van der Waals surface area contributed by atoms with Crippen molar-refractivity contribution in [2.45, 2.75) is 38.4 Å². The smallest absolute Gasteiger partial charge is 0.317 e. The van der Waals surface area contributed by atoms with Crippen LogP contribution in [0.4, 0.5) is 4.79 Å². The Morgan fingerprint density at radius 2 is 1.86 bits per heavy atom. The number of carbonyl (C=O) groups is 2. The maximum atomic E-state index is 12.2. The van der Waals surface area contributed by atoms with Crippen LogP contribution in [-0.2, 0) is 4.79 Å². The third kappa shape index (κ3) is 4.80. The molecule has 2 aliphatic heterocycles. The Morgan fingerprint density at radius 3 is 2.52 bits per heavy atom. The van der Waals surface area contributed by atoms with Gasteiger partial charge in [-0.1, -0.05) is 13.8 Å². The molecule has 0 radical (unpaired) electrons. The fourth-order valence-electron chi connectivity index (χ4n) is 2.82. The molecule has 2 rings (SSSR count). The molecule has 0 spiro atoms. The molecule has 6 heteroatoms. The van der Waals surface area contributed by atoms with Crippen molar-refractivity contribution in [3.63, 3.8) is 0 Å². The standard InChI is InChI=1S/C15H27N3O2S/c1-12(2)14(19)17-6-4-7-18(9-8-17)15(20)16-11-13-5-3-10-21-13/h12-13H,3-11H2,1-2H3,(H,16,20)/t13-/m1/s1. The molecule has 0 bridgehead atoms. The number of urea groups is 1. The number of nitrogens with zero attached hydrogens (tertiary/aromatic N) is 2. The molecule has 3 amide bonds. The summed E-state index contributed by atoms with van der Waals surface area (Å²) in [7, 11) is 0. The van der Waals surface area contributed by atoms with E-state index in [4.69, 9.17) is 0 Å². The number of carbonyl (C=O) groups excluding carboxylic acids is 2. The van der Waals surface area contributed by atoms with E-state index in [2.05, 4.69) is 5.32 Å². The Morgan fingerprint density at radius 1 is 1.14 bits per heavy atom. The van der Waals surface area contributed by atoms with Crippen LogP contribution >= 0.6 is 11.8 Å². The highest BCUT2D eigenvalue weighted by Gasteiger charge is 2.24. The second-order valence-corrected chi connectivity index (χ2v) is 7.55. The van der Waals surface area contributed by atoms with Crippen LogP contribution in [0.1, 0.15) is 33.1 Å². The average Bonchev–Trinajstić information content (AvgIpc) is 2.86. The summed E-state index contributed by atoms with van der Waals surface area (Å²) in [4.78, 5) is 28.0. The lowest BCUT2D eigenvalue weighted by atomic mass is 10.2. The lowest BCUT2D eigenvalue weighted by Crippen LogP contribution is -2.44. The van der Waals surface area contributed by atoms with E-state index >= 15 is 0 Å². The molecule has 0 saturated carbocycles. The minimum atomic E-state index is 0.0290. The van der Waals surface area contributed by atoms with Crippen LogP contribution in [0.15, 0.2) is 0 Å². The number of thioether (sulfide) groups is 1. The van der Waals surface area contributed by atoms with Gasteiger partial charge in [-0.2, -0.15) is 11.8 Å². The summed E-state index contributed by atoms with van der Waals surface area (Å²) in [6.07, 6.45) is 3.34. The summed E-state index contributed by atoms with van der Waals surface area (Å²) in [6, 6.07) is 0.0290. The molecule has 2 heterocycles. The first-order valence-corrected chi connectivity index (χ1v) is 9.06. The molecule has 0 aromatic rings. The summed E-state index contributed by atoms with van der Waals surface area (Å²) in [5, 5.41) is 3.63. The van der Waals surface area contributed by atoms with Crippen molar-refractivity contribution in [1.82, 2.24) is 15.1 Å². The molecule has 0 aromatic carbocycles. The molecule has 1 atom stereocenters. The molecule has 1 N–H and O–H groups in total. The highest BCUT2D eigenvalue weighted by atomic mass is 32.2. The van der Waals surface area contributed by atoms with Crippen molar-refractivity contribution < 1.29 is 9.59 Å². The van der Waals surface area contributed by atoms with E-state index in [1.54, 1.807) is 0 Å². The summed E-state index contributed by atoms with van der Waals surface area (Å²) in [5.41, 5.74) is 0. The quantitative estimate of drug-likeness (QED) is 0.864. The van der Waals surface area contributed by atoms with Gasteiger partial charge in [-0.05, 0) is 25.0 Å². The van der Waals surface area contributed by atoms with Crippen LogP contribution in [0.5, 0.6) is 0 Å². The third-order valence-corrected chi connectivity index (χ3v) is 5.49. The van der Waals surface area contributed by atoms with E-state index in [0.717, 1.165) is 26.1 Å². The molecular weight excluding hydrogens is 286 g/mol. The molecule has 5 nitrogen and oxygen atoms in total. The van der Waals surface area contributed by atoms with E-state index < -0.39 is 0 Å². The predicted molar refractivity (Wildman–Crippen MR) is 86.5 cm³/mol. The molecule has 0 aliphatic carbocycles. The summed E-state index contributed by atoms with van der Waals surface area (Å²) >= 11 is 1.96. The van der Waals surface area contributed by atoms with Crippen LogP contribution in [0.25, 0.3) is 0 Å². The molecule has 0 unspecified atom stereocenters. The van der Waals surface area contributed by atoms with Gasteiger partial charge in [-0.15, -0.1) is 0 Å². The fourth-order valence-corrected chi connectivity index (χ4v) is 4.03. The van der Waals surface area contributed by atoms with Gasteiger partial charge in [0, 0.05) is 43.9 Å². The maximum Gasteiger partial charge on any atom is 0.317 e. The van der Waals surface area contributed by atoms with Gasteiger partial charge in [-0.3, -0.25) is 4.79 Å². The van der Waals surface area contributed by atoms with E-state index in [0.29, 0.717) is 18.3 Å². The summed E-state index contributed by atoms with van der Waals surface area (Å²) in [5.74, 6) is 1.45. The molecule has 0 aromatic heterocycles. The molecule has 2 saturated heterocycles. The van der Waals surface area contributed by atoms with Gasteiger partial charge in [0.1, 0.15) is 0 Å². The largest absolute Gasteiger partial charge is 0.341 e. The van der Waals surface area contributed by atoms with Crippen molar-refractivity contribution in [3.05, 3.63) is 0 Å². The number of amides is 3. The van der Waals surface area contributed by atoms with E-state index in [1.807, 2.05) is 35.4 Å². The van der Waals surface area contributed by atoms with Crippen molar-refractivity contribution in [1.29, 1.82) is 0 Å². The van der Waals surface area contributed by atoms with Gasteiger partial charge >= 0.3 is 6.03 Å². The lowest BCUT2D eigenvalue weighted by Gasteiger charge is -2.24. The minimum absolute atomic E-state index is 0.0290. The third-order valence-electron chi connectivity index (χ3n) is 4.09. The van der Waals surface area contributed by atoms with E-state index in [-0.39, 0.29) is 17.9 Å². The zero-order chi connectivity index (χ0) is 15.2. The van der Waals surface area contributed by atoms with Gasteiger partial charge in [-0.25, -0.2) is 4.79 Å². The van der Waals surface area contributed by atoms with E-state index in [1.165, 1.54) is 18.6 Å². The van der Waals surface area contributed by atoms with Crippen LogP contribution in [-0.4, -0.2) is 65.5 Å². The predicted octanol–water partition coefficient (Wildman–Crippen LogP) is 1.78. The lowest BCUT2D eigenvalue weighted by molar-refractivity contribution is -0.134. The van der Waals surface area contributed by atoms with Gasteiger partial charge < -0.3 is 15.1 Å². The van der Waals surface area contributed by atoms with Crippen LogP contribution in [0.3, 0.4) is 0 Å². The Labute approximate surface area is 131 Å². The van der Waals surface area contributed by atoms with Crippen molar-refractivity contribution in [2.24, 2.45) is 5.92 Å². The minimum Gasteiger partial charge on any atom is -0.341 e. The van der Waals surface area contributed by atoms with Gasteiger partial charge in [0.05, 0.1) is 0 Å². The zero-order valence-electron chi connectivity index (χ0n) is 13.1. The second-order valence-electron chi connectivity index (χ2n) is 6.14. The number of hydrogen-bond donors (Lipinski definition) is 1. The topological polar surface area (TPSA) is 52.7 Å². The number of hydrogen-bond acceptors (Lipinski definition) is 3. The van der Waals surface area contributed by atoms with Gasteiger partial charge in [0.15, 0.2) is 0 Å². The van der Waals surface area contributed by atoms with Crippen LogP contribution < -0.4 is 5.32 Å². The van der Waals surface area contributed by atoms with E-state index in [9.17, 15) is 9.59 Å². The van der Waals surface area contributed by atoms with Crippen molar-refractivity contribution in [2.75, 3.05) is 38.5 Å². The normalized spacial score (nSPS) is 23.3. The summed E-state index contributed by atoms with van der Waals surface area (Å²) in [6.45, 7) is 7.43. The van der Waals surface area contributed by atoms with Crippen LogP contribution in [0.2, 0.25) is 0 Å². The fraction of sp³-hybridized carbons (Fsp3) is 0.867. The average molecular weight is 313 g/mol. The molecule has 2 aliphatic rings. The summed E-state index contributed by atoms with van der Waals surface area (Å²) < 4.78 is 0. The van der Waals surface area contributed by atoms with Crippen molar-refractivity contribution >= 4 is 23.7 Å². The Balaban J connectivity index is 1.76. The Bertz CT molecular complexity index is 370. The zero-order valence-corrected chi connectivity index (χ0v) is 14.0. The molecule has 120 valence electrons. The first-order chi connectivity index (χ1) is 10.1. The first kappa shape index (κ1) is 16.5. The maximum absolute atomic E-state index is 12.2. The van der Waals surface area contributed by atoms with Crippen LogP contribution in [0, 0.1) is 5.92 Å². The number of nitrogens with one attached hydrogen (secondary N) is 1. The molecule has 21 heavy (non-hydrogen) atoms. The Hall–Kier alpha value is -0.910.